The maximum absolute atomic E-state index is 12.4. The molecule has 1 rings (SSSR count). The lowest BCUT2D eigenvalue weighted by molar-refractivity contribution is 0.468. The largest absolute Gasteiger partial charge is 0.310 e. The normalized spacial score (nSPS) is 12.3. The van der Waals surface area contributed by atoms with Crippen LogP contribution in [0, 0.1) is 0 Å². The second kappa shape index (κ2) is 7.54. The number of hydrogen-bond acceptors (Lipinski definition) is 3. The monoisotopic (exact) mass is 362 g/mol. The van der Waals surface area contributed by atoms with Gasteiger partial charge in [0.25, 0.3) is 0 Å². The molecule has 6 heteroatoms. The SMILES string of the molecule is CCCN(C)S(=O)(=O)c1ccc(CNC(C)C)cc1Br. The standard InChI is InChI=1S/C14H23BrN2O2S/c1-5-8-17(4)20(18,19)14-7-6-12(9-13(14)15)10-16-11(2)3/h6-7,9,11,16H,5,8,10H2,1-4H3. The molecule has 4 nitrogen and oxygen atoms in total. The number of rotatable bonds is 7. The topological polar surface area (TPSA) is 49.4 Å². The summed E-state index contributed by atoms with van der Waals surface area (Å²) in [5, 5.41) is 3.31. The first-order chi connectivity index (χ1) is 9.28. The highest BCUT2D eigenvalue weighted by Gasteiger charge is 2.22. The Morgan fingerprint density at radius 3 is 2.50 bits per heavy atom. The van der Waals surface area contributed by atoms with Gasteiger partial charge in [-0.15, -0.1) is 0 Å². The van der Waals surface area contributed by atoms with Crippen LogP contribution in [-0.4, -0.2) is 32.4 Å². The summed E-state index contributed by atoms with van der Waals surface area (Å²) in [6, 6.07) is 5.78. The highest BCUT2D eigenvalue weighted by atomic mass is 79.9. The minimum Gasteiger partial charge on any atom is -0.310 e. The average molecular weight is 363 g/mol. The Kier molecular flexibility index (Phi) is 6.64. The molecule has 0 heterocycles. The molecule has 0 aliphatic rings. The van der Waals surface area contributed by atoms with E-state index in [9.17, 15) is 8.42 Å². The molecule has 1 aromatic carbocycles. The molecule has 20 heavy (non-hydrogen) atoms. The fourth-order valence-electron chi connectivity index (χ4n) is 1.79. The van der Waals surface area contributed by atoms with Gasteiger partial charge in [-0.05, 0) is 40.0 Å². The predicted molar refractivity (Wildman–Crippen MR) is 86.2 cm³/mol. The fraction of sp³-hybridized carbons (Fsp3) is 0.571. The first kappa shape index (κ1) is 17.6. The van der Waals surface area contributed by atoms with Crippen LogP contribution in [0.2, 0.25) is 0 Å². The minimum absolute atomic E-state index is 0.321. The van der Waals surface area contributed by atoms with Gasteiger partial charge in [0.1, 0.15) is 0 Å². The first-order valence-electron chi connectivity index (χ1n) is 6.77. The van der Waals surface area contributed by atoms with E-state index in [0.717, 1.165) is 18.5 Å². The maximum Gasteiger partial charge on any atom is 0.243 e. The van der Waals surface area contributed by atoms with E-state index in [1.54, 1.807) is 13.1 Å². The van der Waals surface area contributed by atoms with Gasteiger partial charge in [0, 0.05) is 30.7 Å². The molecule has 0 amide bonds. The molecule has 0 saturated heterocycles. The van der Waals surface area contributed by atoms with E-state index in [4.69, 9.17) is 0 Å². The molecular formula is C14H23BrN2O2S. The highest BCUT2D eigenvalue weighted by Crippen LogP contribution is 2.25. The summed E-state index contributed by atoms with van der Waals surface area (Å²) in [6.45, 7) is 7.36. The van der Waals surface area contributed by atoms with Gasteiger partial charge >= 0.3 is 0 Å². The lowest BCUT2D eigenvalue weighted by Crippen LogP contribution is -2.28. The van der Waals surface area contributed by atoms with E-state index in [1.807, 2.05) is 19.1 Å². The van der Waals surface area contributed by atoms with Gasteiger partial charge in [-0.2, -0.15) is 0 Å². The van der Waals surface area contributed by atoms with Crippen molar-refractivity contribution in [3.8, 4) is 0 Å². The molecule has 0 bridgehead atoms. The van der Waals surface area contributed by atoms with Crippen molar-refractivity contribution in [1.82, 2.24) is 9.62 Å². The fourth-order valence-corrected chi connectivity index (χ4v) is 4.13. The smallest absolute Gasteiger partial charge is 0.243 e. The van der Waals surface area contributed by atoms with Crippen molar-refractivity contribution in [3.63, 3.8) is 0 Å². The summed E-state index contributed by atoms with van der Waals surface area (Å²) in [6.07, 6.45) is 0.795. The van der Waals surface area contributed by atoms with E-state index >= 15 is 0 Å². The Bertz CT molecular complexity index is 544. The number of halogens is 1. The zero-order chi connectivity index (χ0) is 15.3. The van der Waals surface area contributed by atoms with Crippen LogP contribution in [-0.2, 0) is 16.6 Å². The molecule has 0 saturated carbocycles. The summed E-state index contributed by atoms with van der Waals surface area (Å²) >= 11 is 3.38. The number of benzene rings is 1. The molecule has 0 aliphatic heterocycles. The third-order valence-corrected chi connectivity index (χ3v) is 5.77. The summed E-state index contributed by atoms with van der Waals surface area (Å²) in [7, 11) is -1.80. The van der Waals surface area contributed by atoms with Crippen molar-refractivity contribution >= 4 is 26.0 Å². The third-order valence-electron chi connectivity index (χ3n) is 2.94. The molecular weight excluding hydrogens is 340 g/mol. The second-order valence-electron chi connectivity index (χ2n) is 5.13. The van der Waals surface area contributed by atoms with E-state index in [0.29, 0.717) is 22.0 Å². The Morgan fingerprint density at radius 2 is 2.00 bits per heavy atom. The van der Waals surface area contributed by atoms with Crippen molar-refractivity contribution in [2.45, 2.75) is 44.7 Å². The lowest BCUT2D eigenvalue weighted by atomic mass is 10.2. The summed E-state index contributed by atoms with van der Waals surface area (Å²) in [5.41, 5.74) is 1.06. The summed E-state index contributed by atoms with van der Waals surface area (Å²) < 4.78 is 26.8. The summed E-state index contributed by atoms with van der Waals surface area (Å²) in [4.78, 5) is 0.321. The van der Waals surface area contributed by atoms with Crippen molar-refractivity contribution in [3.05, 3.63) is 28.2 Å². The first-order valence-corrected chi connectivity index (χ1v) is 9.00. The highest BCUT2D eigenvalue weighted by molar-refractivity contribution is 9.10. The van der Waals surface area contributed by atoms with E-state index in [2.05, 4.69) is 35.1 Å². The van der Waals surface area contributed by atoms with Crippen LogP contribution in [0.25, 0.3) is 0 Å². The van der Waals surface area contributed by atoms with Crippen molar-refractivity contribution in [1.29, 1.82) is 0 Å². The van der Waals surface area contributed by atoms with Crippen molar-refractivity contribution < 1.29 is 8.42 Å². The van der Waals surface area contributed by atoms with Crippen LogP contribution < -0.4 is 5.32 Å². The van der Waals surface area contributed by atoms with Gasteiger partial charge in [-0.1, -0.05) is 26.8 Å². The van der Waals surface area contributed by atoms with Crippen LogP contribution in [0.5, 0.6) is 0 Å². The van der Waals surface area contributed by atoms with E-state index in [-0.39, 0.29) is 0 Å². The van der Waals surface area contributed by atoms with E-state index in [1.165, 1.54) is 4.31 Å². The number of nitrogens with zero attached hydrogens (tertiary/aromatic N) is 1. The van der Waals surface area contributed by atoms with Crippen molar-refractivity contribution in [2.24, 2.45) is 0 Å². The van der Waals surface area contributed by atoms with Gasteiger partial charge in [0.05, 0.1) is 4.90 Å². The molecule has 0 unspecified atom stereocenters. The molecule has 0 atom stereocenters. The third kappa shape index (κ3) is 4.55. The van der Waals surface area contributed by atoms with Crippen LogP contribution in [0.1, 0.15) is 32.8 Å². The molecule has 0 radical (unpaired) electrons. The number of nitrogens with one attached hydrogen (secondary N) is 1. The molecule has 0 aromatic heterocycles. The number of sulfonamides is 1. The Balaban J connectivity index is 2.98. The molecule has 114 valence electrons. The molecule has 0 fully saturated rings. The zero-order valence-electron chi connectivity index (χ0n) is 12.5. The Hall–Kier alpha value is -0.430. The molecule has 0 aliphatic carbocycles. The maximum atomic E-state index is 12.4. The van der Waals surface area contributed by atoms with Gasteiger partial charge in [0.2, 0.25) is 10.0 Å². The summed E-state index contributed by atoms with van der Waals surface area (Å²) in [5.74, 6) is 0. The second-order valence-corrected chi connectivity index (χ2v) is 7.99. The average Bonchev–Trinajstić information content (AvgIpc) is 2.36. The Labute approximate surface area is 130 Å². The van der Waals surface area contributed by atoms with Gasteiger partial charge in [-0.3, -0.25) is 0 Å². The van der Waals surface area contributed by atoms with Gasteiger partial charge in [-0.25, -0.2) is 12.7 Å². The molecule has 0 spiro atoms. The quantitative estimate of drug-likeness (QED) is 0.810. The molecule has 1 aromatic rings. The Morgan fingerprint density at radius 1 is 1.35 bits per heavy atom. The van der Waals surface area contributed by atoms with Crippen LogP contribution in [0.15, 0.2) is 27.6 Å². The van der Waals surface area contributed by atoms with E-state index < -0.39 is 10.0 Å². The van der Waals surface area contributed by atoms with Crippen LogP contribution >= 0.6 is 15.9 Å². The van der Waals surface area contributed by atoms with Gasteiger partial charge in [0.15, 0.2) is 0 Å². The minimum atomic E-state index is -3.41. The van der Waals surface area contributed by atoms with Crippen LogP contribution in [0.3, 0.4) is 0 Å². The number of hydrogen-bond donors (Lipinski definition) is 1. The van der Waals surface area contributed by atoms with Crippen molar-refractivity contribution in [2.75, 3.05) is 13.6 Å². The predicted octanol–water partition coefficient (Wildman–Crippen LogP) is 2.98. The van der Waals surface area contributed by atoms with Crippen LogP contribution in [0.4, 0.5) is 0 Å². The zero-order valence-corrected chi connectivity index (χ0v) is 14.9. The molecule has 1 N–H and O–H groups in total. The van der Waals surface area contributed by atoms with Gasteiger partial charge < -0.3 is 5.32 Å². The lowest BCUT2D eigenvalue weighted by Gasteiger charge is -2.18.